The van der Waals surface area contributed by atoms with Gasteiger partial charge in [0.05, 0.1) is 17.8 Å². The van der Waals surface area contributed by atoms with E-state index in [1.165, 1.54) is 22.4 Å². The number of thiazole rings is 1. The molecule has 0 aliphatic carbocycles. The number of aliphatic hydroxyl groups is 2. The van der Waals surface area contributed by atoms with Crippen molar-refractivity contribution in [3.8, 4) is 10.6 Å². The fourth-order valence-corrected chi connectivity index (χ4v) is 3.19. The average Bonchev–Trinajstić information content (AvgIpc) is 3.01. The number of hydrogen-bond acceptors (Lipinski definition) is 5. The number of nitrogens with zero attached hydrogens (tertiary/aromatic N) is 2. The van der Waals surface area contributed by atoms with Gasteiger partial charge in [-0.1, -0.05) is 29.8 Å². The van der Waals surface area contributed by atoms with E-state index < -0.39 is 0 Å². The van der Waals surface area contributed by atoms with Gasteiger partial charge in [0.25, 0.3) is 5.91 Å². The van der Waals surface area contributed by atoms with Crippen molar-refractivity contribution in [2.75, 3.05) is 26.3 Å². The quantitative estimate of drug-likeness (QED) is 0.811. The van der Waals surface area contributed by atoms with Crippen molar-refractivity contribution < 1.29 is 15.0 Å². The summed E-state index contributed by atoms with van der Waals surface area (Å²) in [6.07, 6.45) is 2.00. The van der Waals surface area contributed by atoms with Crippen LogP contribution in [0.3, 0.4) is 0 Å². The van der Waals surface area contributed by atoms with E-state index in [1.807, 2.05) is 18.2 Å². The Hall–Kier alpha value is -1.47. The minimum Gasteiger partial charge on any atom is -0.396 e. The summed E-state index contributed by atoms with van der Waals surface area (Å²) in [6.45, 7) is 0.517. The monoisotopic (exact) mass is 340 g/mol. The third kappa shape index (κ3) is 4.04. The number of hydrogen-bond donors (Lipinski definition) is 2. The van der Waals surface area contributed by atoms with Crippen LogP contribution in [0.5, 0.6) is 0 Å². The zero-order chi connectivity index (χ0) is 15.9. The summed E-state index contributed by atoms with van der Waals surface area (Å²) in [4.78, 5) is 18.7. The molecule has 0 radical (unpaired) electrons. The molecular formula is C15H17ClN2O3S. The van der Waals surface area contributed by atoms with E-state index in [9.17, 15) is 4.79 Å². The molecule has 0 unspecified atom stereocenters. The molecule has 5 nitrogen and oxygen atoms in total. The Bertz CT molecular complexity index is 633. The van der Waals surface area contributed by atoms with Crippen molar-refractivity contribution in [3.63, 3.8) is 0 Å². The standard InChI is InChI=1S/C15H17ClN2O3S/c16-12-5-2-1-4-11(12)14-17-10-13(22-14)15(21)18(7-9-20)6-3-8-19/h1-2,4-5,10,19-20H,3,6-9H2. The fourth-order valence-electron chi connectivity index (χ4n) is 1.99. The minimum atomic E-state index is -0.196. The average molecular weight is 341 g/mol. The maximum absolute atomic E-state index is 12.4. The van der Waals surface area contributed by atoms with Crippen LogP contribution in [0, 0.1) is 0 Å². The Morgan fingerprint density at radius 3 is 2.68 bits per heavy atom. The van der Waals surface area contributed by atoms with E-state index in [0.29, 0.717) is 27.9 Å². The first-order valence-corrected chi connectivity index (χ1v) is 8.08. The molecule has 0 spiro atoms. The van der Waals surface area contributed by atoms with E-state index in [4.69, 9.17) is 21.8 Å². The third-order valence-electron chi connectivity index (χ3n) is 3.06. The van der Waals surface area contributed by atoms with Crippen LogP contribution < -0.4 is 0 Å². The Labute approximate surface area is 137 Å². The summed E-state index contributed by atoms with van der Waals surface area (Å²) in [5, 5.41) is 19.2. The number of aromatic nitrogens is 1. The Kier molecular flexibility index (Phi) is 6.33. The smallest absolute Gasteiger partial charge is 0.265 e. The lowest BCUT2D eigenvalue weighted by molar-refractivity contribution is 0.0714. The lowest BCUT2D eigenvalue weighted by Crippen LogP contribution is -2.34. The number of amides is 1. The van der Waals surface area contributed by atoms with Gasteiger partial charge in [-0.3, -0.25) is 4.79 Å². The van der Waals surface area contributed by atoms with Gasteiger partial charge in [0.15, 0.2) is 0 Å². The zero-order valence-electron chi connectivity index (χ0n) is 11.9. The van der Waals surface area contributed by atoms with Crippen molar-refractivity contribution in [2.45, 2.75) is 6.42 Å². The number of aliphatic hydroxyl groups excluding tert-OH is 2. The number of rotatable bonds is 7. The maximum Gasteiger partial charge on any atom is 0.265 e. The first-order valence-electron chi connectivity index (χ1n) is 6.89. The fraction of sp³-hybridized carbons (Fsp3) is 0.333. The molecule has 0 aliphatic heterocycles. The third-order valence-corrected chi connectivity index (χ3v) is 4.41. The maximum atomic E-state index is 12.4. The van der Waals surface area contributed by atoms with Crippen LogP contribution in [0.1, 0.15) is 16.1 Å². The van der Waals surface area contributed by atoms with E-state index in [-0.39, 0.29) is 25.7 Å². The highest BCUT2D eigenvalue weighted by Crippen LogP contribution is 2.31. The Balaban J connectivity index is 2.19. The second-order valence-electron chi connectivity index (χ2n) is 4.60. The Morgan fingerprint density at radius 2 is 2.00 bits per heavy atom. The summed E-state index contributed by atoms with van der Waals surface area (Å²) in [5.74, 6) is -0.196. The minimum absolute atomic E-state index is 0.00275. The molecule has 0 fully saturated rings. The Morgan fingerprint density at radius 1 is 1.23 bits per heavy atom. The molecule has 7 heteroatoms. The summed E-state index contributed by atoms with van der Waals surface area (Å²) in [5.41, 5.74) is 0.789. The molecule has 1 aromatic heterocycles. The van der Waals surface area contributed by atoms with Crippen LogP contribution in [0.2, 0.25) is 5.02 Å². The SMILES string of the molecule is O=C(c1cnc(-c2ccccc2Cl)s1)N(CCO)CCCO. The van der Waals surface area contributed by atoms with E-state index in [1.54, 1.807) is 6.07 Å². The van der Waals surface area contributed by atoms with Crippen LogP contribution in [0.4, 0.5) is 0 Å². The van der Waals surface area contributed by atoms with Gasteiger partial charge >= 0.3 is 0 Å². The van der Waals surface area contributed by atoms with Crippen LogP contribution in [-0.2, 0) is 0 Å². The van der Waals surface area contributed by atoms with E-state index in [0.717, 1.165) is 5.56 Å². The van der Waals surface area contributed by atoms with Gasteiger partial charge in [0.2, 0.25) is 0 Å². The second kappa shape index (κ2) is 8.24. The number of benzene rings is 1. The van der Waals surface area contributed by atoms with Crippen LogP contribution in [0.15, 0.2) is 30.5 Å². The van der Waals surface area contributed by atoms with Crippen molar-refractivity contribution in [3.05, 3.63) is 40.4 Å². The first kappa shape index (κ1) is 16.9. The number of carbonyl (C=O) groups is 1. The van der Waals surface area contributed by atoms with Gasteiger partial charge in [-0.25, -0.2) is 4.98 Å². The van der Waals surface area contributed by atoms with Crippen molar-refractivity contribution in [1.29, 1.82) is 0 Å². The normalized spacial score (nSPS) is 10.7. The predicted molar refractivity (Wildman–Crippen MR) is 87.3 cm³/mol. The molecular weight excluding hydrogens is 324 g/mol. The van der Waals surface area contributed by atoms with Crippen molar-refractivity contribution >= 4 is 28.8 Å². The first-order chi connectivity index (χ1) is 10.7. The topological polar surface area (TPSA) is 73.7 Å². The summed E-state index contributed by atoms with van der Waals surface area (Å²) in [6, 6.07) is 7.33. The van der Waals surface area contributed by atoms with Crippen molar-refractivity contribution in [1.82, 2.24) is 9.88 Å². The number of carbonyl (C=O) groups excluding carboxylic acids is 1. The van der Waals surface area contributed by atoms with Gasteiger partial charge in [0.1, 0.15) is 9.88 Å². The second-order valence-corrected chi connectivity index (χ2v) is 6.04. The van der Waals surface area contributed by atoms with E-state index >= 15 is 0 Å². The van der Waals surface area contributed by atoms with Gasteiger partial charge < -0.3 is 15.1 Å². The van der Waals surface area contributed by atoms with Crippen molar-refractivity contribution in [2.24, 2.45) is 0 Å². The predicted octanol–water partition coefficient (Wildman–Crippen LogP) is 2.28. The van der Waals surface area contributed by atoms with Gasteiger partial charge in [-0.2, -0.15) is 0 Å². The summed E-state index contributed by atoms with van der Waals surface area (Å²) < 4.78 is 0. The van der Waals surface area contributed by atoms with Crippen LogP contribution in [0.25, 0.3) is 10.6 Å². The summed E-state index contributed by atoms with van der Waals surface area (Å²) in [7, 11) is 0. The van der Waals surface area contributed by atoms with E-state index in [2.05, 4.69) is 4.98 Å². The molecule has 2 N–H and O–H groups in total. The van der Waals surface area contributed by atoms with Crippen LogP contribution >= 0.6 is 22.9 Å². The molecule has 1 aromatic carbocycles. The molecule has 0 saturated heterocycles. The highest BCUT2D eigenvalue weighted by Gasteiger charge is 2.19. The molecule has 118 valence electrons. The molecule has 2 rings (SSSR count). The molecule has 1 heterocycles. The summed E-state index contributed by atoms with van der Waals surface area (Å²) >= 11 is 7.40. The van der Waals surface area contributed by atoms with Gasteiger partial charge in [-0.15, -0.1) is 11.3 Å². The lowest BCUT2D eigenvalue weighted by atomic mass is 10.2. The van der Waals surface area contributed by atoms with Gasteiger partial charge in [0, 0.05) is 25.3 Å². The molecule has 0 bridgehead atoms. The molecule has 0 saturated carbocycles. The van der Waals surface area contributed by atoms with Gasteiger partial charge in [-0.05, 0) is 12.5 Å². The molecule has 1 amide bonds. The molecule has 0 atom stereocenters. The molecule has 0 aliphatic rings. The molecule has 2 aromatic rings. The zero-order valence-corrected chi connectivity index (χ0v) is 13.5. The van der Waals surface area contributed by atoms with Crippen LogP contribution in [-0.4, -0.2) is 52.3 Å². The lowest BCUT2D eigenvalue weighted by Gasteiger charge is -2.20. The highest BCUT2D eigenvalue weighted by molar-refractivity contribution is 7.17. The molecule has 22 heavy (non-hydrogen) atoms. The highest BCUT2D eigenvalue weighted by atomic mass is 35.5. The number of halogens is 1. The largest absolute Gasteiger partial charge is 0.396 e.